The van der Waals surface area contributed by atoms with E-state index in [4.69, 9.17) is 0 Å². The fraction of sp³-hybridized carbons (Fsp3) is 0.367. The van der Waals surface area contributed by atoms with Crippen LogP contribution < -0.4 is 10.9 Å². The summed E-state index contributed by atoms with van der Waals surface area (Å²) in [4.78, 5) is 31.6. The molecule has 0 radical (unpaired) electrons. The summed E-state index contributed by atoms with van der Waals surface area (Å²) in [7, 11) is 5.44. The lowest BCUT2D eigenvalue weighted by molar-refractivity contribution is -0.899. The van der Waals surface area contributed by atoms with E-state index in [9.17, 15) is 14.8 Å². The first-order valence-electron chi connectivity index (χ1n) is 13.5. The van der Waals surface area contributed by atoms with Gasteiger partial charge in [-0.05, 0) is 48.2 Å². The first-order valence-corrected chi connectivity index (χ1v) is 13.5. The largest absolute Gasteiger partial charge is 0.633 e. The molecule has 2 aliphatic heterocycles. The Bertz CT molecular complexity index is 1610. The highest BCUT2D eigenvalue weighted by Crippen LogP contribution is 2.34. The minimum atomic E-state index is -0.280. The van der Waals surface area contributed by atoms with Gasteiger partial charge in [-0.1, -0.05) is 12.1 Å². The predicted molar refractivity (Wildman–Crippen MR) is 152 cm³/mol. The maximum absolute atomic E-state index is 13.8. The Morgan fingerprint density at radius 3 is 2.62 bits per heavy atom. The zero-order chi connectivity index (χ0) is 27.3. The van der Waals surface area contributed by atoms with Crippen molar-refractivity contribution in [1.82, 2.24) is 19.0 Å². The van der Waals surface area contributed by atoms with Crippen molar-refractivity contribution >= 4 is 22.6 Å². The Hall–Kier alpha value is -3.95. The molecular weight excluding hydrogens is 492 g/mol. The quantitative estimate of drug-likeness (QED) is 0.315. The standard InChI is InChI=1S/C30H34N6O3/c1-33(2)29(37)22-6-4-20(5-7-22)21-11-16-36(39,17-12-21)19-23-18-25-27(9-14-32-28(25)34(23)3)35-15-10-26-24(30(35)38)8-13-31-26/h4-7,9-10,14-15,18,21,31H,8,11-13,16-17,19H2,1-3H3. The van der Waals surface area contributed by atoms with Crippen molar-refractivity contribution < 1.29 is 9.44 Å². The lowest BCUT2D eigenvalue weighted by Crippen LogP contribution is -2.47. The highest BCUT2D eigenvalue weighted by molar-refractivity contribution is 5.93. The number of nitrogens with one attached hydrogen (secondary N) is 1. The fourth-order valence-corrected chi connectivity index (χ4v) is 6.10. The van der Waals surface area contributed by atoms with Crippen LogP contribution in [0.15, 0.2) is 59.7 Å². The number of hydroxylamine groups is 3. The van der Waals surface area contributed by atoms with Crippen LogP contribution in [0.3, 0.4) is 0 Å². The molecule has 1 amide bonds. The van der Waals surface area contributed by atoms with Gasteiger partial charge in [0.15, 0.2) is 0 Å². The van der Waals surface area contributed by atoms with Crippen LogP contribution in [0.2, 0.25) is 0 Å². The summed E-state index contributed by atoms with van der Waals surface area (Å²) in [6, 6.07) is 13.7. The maximum atomic E-state index is 13.8. The summed E-state index contributed by atoms with van der Waals surface area (Å²) in [5.41, 5.74) is 6.04. The average molecular weight is 527 g/mol. The lowest BCUT2D eigenvalue weighted by Gasteiger charge is -2.47. The summed E-state index contributed by atoms with van der Waals surface area (Å²) in [5.74, 6) is 0.307. The van der Waals surface area contributed by atoms with Gasteiger partial charge in [-0.2, -0.15) is 0 Å². The number of benzene rings is 1. The molecule has 6 rings (SSSR count). The minimum Gasteiger partial charge on any atom is -0.633 e. The van der Waals surface area contributed by atoms with Crippen molar-refractivity contribution in [3.63, 3.8) is 0 Å². The maximum Gasteiger partial charge on any atom is 0.260 e. The van der Waals surface area contributed by atoms with E-state index in [1.54, 1.807) is 29.8 Å². The Balaban J connectivity index is 1.21. The molecule has 9 nitrogen and oxygen atoms in total. The second kappa shape index (κ2) is 9.66. The third kappa shape index (κ3) is 4.51. The molecular formula is C30H34N6O3. The van der Waals surface area contributed by atoms with Gasteiger partial charge in [0.1, 0.15) is 12.2 Å². The van der Waals surface area contributed by atoms with Crippen molar-refractivity contribution in [3.05, 3.63) is 92.8 Å². The number of carbonyl (C=O) groups is 1. The molecule has 0 aliphatic carbocycles. The van der Waals surface area contributed by atoms with Crippen molar-refractivity contribution in [2.24, 2.45) is 7.05 Å². The summed E-state index contributed by atoms with van der Waals surface area (Å²) < 4.78 is 3.41. The number of nitrogens with zero attached hydrogens (tertiary/aromatic N) is 5. The molecule has 3 aromatic heterocycles. The number of anilines is 1. The van der Waals surface area contributed by atoms with E-state index in [0.717, 1.165) is 59.5 Å². The molecule has 0 spiro atoms. The van der Waals surface area contributed by atoms with Crippen LogP contribution in [-0.2, 0) is 20.0 Å². The summed E-state index contributed by atoms with van der Waals surface area (Å²) >= 11 is 0. The smallest absolute Gasteiger partial charge is 0.260 e. The molecule has 4 aromatic rings. The van der Waals surface area contributed by atoms with Crippen molar-refractivity contribution in [3.8, 4) is 5.69 Å². The number of fused-ring (bicyclic) bond motifs is 2. The number of rotatable bonds is 5. The van der Waals surface area contributed by atoms with E-state index in [-0.39, 0.29) is 16.1 Å². The summed E-state index contributed by atoms with van der Waals surface area (Å²) in [6.45, 7) is 2.20. The topological polar surface area (TPSA) is 95.2 Å². The van der Waals surface area contributed by atoms with Crippen LogP contribution in [0.5, 0.6) is 0 Å². The number of pyridine rings is 2. The normalized spacial score (nSPS) is 20.6. The molecule has 0 bridgehead atoms. The molecule has 0 atom stereocenters. The van der Waals surface area contributed by atoms with Gasteiger partial charge in [-0.3, -0.25) is 14.2 Å². The minimum absolute atomic E-state index is 0.00824. The Morgan fingerprint density at radius 1 is 1.15 bits per heavy atom. The number of piperidine rings is 1. The number of hydrogen-bond donors (Lipinski definition) is 1. The first kappa shape index (κ1) is 25.3. The highest BCUT2D eigenvalue weighted by atomic mass is 16.5. The number of aryl methyl sites for hydroxylation is 1. The zero-order valence-corrected chi connectivity index (χ0v) is 22.7. The molecule has 1 saturated heterocycles. The van der Waals surface area contributed by atoms with E-state index < -0.39 is 0 Å². The molecule has 1 N–H and O–H groups in total. The van der Waals surface area contributed by atoms with Crippen LogP contribution in [0.4, 0.5) is 5.69 Å². The van der Waals surface area contributed by atoms with Gasteiger partial charge in [0.25, 0.3) is 11.5 Å². The third-order valence-electron chi connectivity index (χ3n) is 8.40. The number of aromatic nitrogens is 3. The van der Waals surface area contributed by atoms with Crippen molar-refractivity contribution in [1.29, 1.82) is 0 Å². The number of likely N-dealkylation sites (tertiary alicyclic amines) is 1. The monoisotopic (exact) mass is 526 g/mol. The Kier molecular flexibility index (Phi) is 6.28. The number of amides is 1. The van der Waals surface area contributed by atoms with E-state index in [1.807, 2.05) is 60.3 Å². The van der Waals surface area contributed by atoms with E-state index >= 15 is 0 Å². The van der Waals surface area contributed by atoms with Gasteiger partial charge in [0.05, 0.1) is 24.5 Å². The molecule has 1 aromatic carbocycles. The zero-order valence-electron chi connectivity index (χ0n) is 22.7. The van der Waals surface area contributed by atoms with Gasteiger partial charge in [-0.25, -0.2) is 4.98 Å². The SMILES string of the molecule is CN(C)C(=O)c1ccc(C2CC[N+]([O-])(Cc3cc4c(-n5ccc6c(c5=O)CCN6)ccnc4n3C)CC2)cc1. The van der Waals surface area contributed by atoms with E-state index in [1.165, 1.54) is 5.56 Å². The number of carbonyl (C=O) groups excluding carboxylic acids is 1. The molecule has 5 heterocycles. The van der Waals surface area contributed by atoms with Gasteiger partial charge < -0.3 is 24.6 Å². The molecule has 9 heteroatoms. The predicted octanol–water partition coefficient (Wildman–Crippen LogP) is 3.79. The highest BCUT2D eigenvalue weighted by Gasteiger charge is 2.30. The molecule has 0 saturated carbocycles. The lowest BCUT2D eigenvalue weighted by atomic mass is 9.88. The Morgan fingerprint density at radius 2 is 1.90 bits per heavy atom. The van der Waals surface area contributed by atoms with Crippen LogP contribution in [0.25, 0.3) is 16.7 Å². The van der Waals surface area contributed by atoms with Crippen LogP contribution in [0.1, 0.15) is 45.9 Å². The first-order chi connectivity index (χ1) is 18.7. The van der Waals surface area contributed by atoms with Crippen LogP contribution >= 0.6 is 0 Å². The molecule has 0 unspecified atom stereocenters. The fourth-order valence-electron chi connectivity index (χ4n) is 6.10. The van der Waals surface area contributed by atoms with Gasteiger partial charge >= 0.3 is 0 Å². The van der Waals surface area contributed by atoms with E-state index in [2.05, 4.69) is 10.3 Å². The Labute approximate surface area is 227 Å². The van der Waals surface area contributed by atoms with Gasteiger partial charge in [0.2, 0.25) is 0 Å². The average Bonchev–Trinajstić information content (AvgIpc) is 3.54. The van der Waals surface area contributed by atoms with Gasteiger partial charge in [-0.15, -0.1) is 0 Å². The number of quaternary nitrogens is 1. The number of hydrogen-bond acceptors (Lipinski definition) is 5. The molecule has 202 valence electrons. The van der Waals surface area contributed by atoms with Crippen molar-refractivity contribution in [2.45, 2.75) is 31.7 Å². The molecule has 2 aliphatic rings. The summed E-state index contributed by atoms with van der Waals surface area (Å²) in [5, 5.41) is 18.0. The van der Waals surface area contributed by atoms with Gasteiger partial charge in [0, 0.05) is 75.1 Å². The summed E-state index contributed by atoms with van der Waals surface area (Å²) in [6.07, 6.45) is 5.87. The second-order valence-electron chi connectivity index (χ2n) is 11.1. The van der Waals surface area contributed by atoms with E-state index in [0.29, 0.717) is 31.1 Å². The van der Waals surface area contributed by atoms with Crippen LogP contribution in [-0.4, -0.2) is 63.3 Å². The third-order valence-corrected chi connectivity index (χ3v) is 8.40. The second-order valence-corrected chi connectivity index (χ2v) is 11.1. The molecule has 1 fully saturated rings. The van der Waals surface area contributed by atoms with Crippen LogP contribution in [0, 0.1) is 5.21 Å². The molecule has 39 heavy (non-hydrogen) atoms. The van der Waals surface area contributed by atoms with Crippen molar-refractivity contribution in [2.75, 3.05) is 39.0 Å².